The number of rotatable bonds is 2. The third-order valence-electron chi connectivity index (χ3n) is 2.31. The third kappa shape index (κ3) is 3.04. The molecule has 102 valence electrons. The Labute approximate surface area is 131 Å². The summed E-state index contributed by atoms with van der Waals surface area (Å²) in [5.74, 6) is -2.65. The molecule has 0 aliphatic heterocycles. The van der Waals surface area contributed by atoms with Gasteiger partial charge in [-0.05, 0) is 34.1 Å². The number of ether oxygens (including phenoxy) is 1. The van der Waals surface area contributed by atoms with Crippen LogP contribution in [0.5, 0.6) is 11.5 Å². The van der Waals surface area contributed by atoms with Gasteiger partial charge in [0, 0.05) is 10.5 Å². The normalized spacial score (nSPS) is 10.2. The van der Waals surface area contributed by atoms with Crippen molar-refractivity contribution in [1.29, 1.82) is 5.26 Å². The smallest absolute Gasteiger partial charge is 0.198 e. The Morgan fingerprint density at radius 3 is 2.20 bits per heavy atom. The van der Waals surface area contributed by atoms with Crippen molar-refractivity contribution in [3.63, 3.8) is 0 Å². The van der Waals surface area contributed by atoms with Crippen LogP contribution in [-0.2, 0) is 0 Å². The van der Waals surface area contributed by atoms with Crippen LogP contribution in [0.3, 0.4) is 0 Å². The van der Waals surface area contributed by atoms with Gasteiger partial charge in [-0.1, -0.05) is 23.2 Å². The van der Waals surface area contributed by atoms with Gasteiger partial charge in [0.25, 0.3) is 0 Å². The summed E-state index contributed by atoms with van der Waals surface area (Å²) in [4.78, 5) is 0. The quantitative estimate of drug-likeness (QED) is 0.628. The Balaban J connectivity index is 2.46. The first-order valence-corrected chi connectivity index (χ1v) is 6.69. The Bertz CT molecular complexity index is 708. The van der Waals surface area contributed by atoms with Crippen LogP contribution >= 0.6 is 39.1 Å². The average Bonchev–Trinajstić information content (AvgIpc) is 2.39. The standard InChI is InChI=1S/C13H4BrCl2F2NO/c14-7-3-9(16)12(4-8(7)15)20-13-10(17)1-6(5-19)2-11(13)18/h1-4H. The third-order valence-corrected chi connectivity index (χ3v) is 3.81. The average molecular weight is 379 g/mol. The van der Waals surface area contributed by atoms with Crippen LogP contribution in [0.4, 0.5) is 8.78 Å². The Morgan fingerprint density at radius 2 is 1.65 bits per heavy atom. The predicted molar refractivity (Wildman–Crippen MR) is 75.3 cm³/mol. The number of nitrogens with zero attached hydrogens (tertiary/aromatic N) is 1. The molecule has 0 amide bonds. The zero-order valence-corrected chi connectivity index (χ0v) is 12.7. The highest BCUT2D eigenvalue weighted by molar-refractivity contribution is 9.10. The van der Waals surface area contributed by atoms with Crippen LogP contribution in [0.2, 0.25) is 10.0 Å². The molecule has 0 saturated heterocycles. The summed E-state index contributed by atoms with van der Waals surface area (Å²) in [5.41, 5.74) is -0.146. The highest BCUT2D eigenvalue weighted by atomic mass is 79.9. The van der Waals surface area contributed by atoms with Crippen molar-refractivity contribution in [3.05, 3.63) is 56.0 Å². The van der Waals surface area contributed by atoms with E-state index in [4.69, 9.17) is 33.2 Å². The van der Waals surface area contributed by atoms with Gasteiger partial charge in [0.2, 0.25) is 0 Å². The van der Waals surface area contributed by atoms with Gasteiger partial charge in [-0.3, -0.25) is 0 Å². The molecule has 0 saturated carbocycles. The van der Waals surface area contributed by atoms with Gasteiger partial charge in [-0.25, -0.2) is 8.78 Å². The zero-order valence-electron chi connectivity index (χ0n) is 9.55. The van der Waals surface area contributed by atoms with Gasteiger partial charge in [-0.2, -0.15) is 5.26 Å². The maximum absolute atomic E-state index is 13.7. The molecule has 0 radical (unpaired) electrons. The molecule has 0 aliphatic carbocycles. The second-order valence-electron chi connectivity index (χ2n) is 3.68. The fourth-order valence-electron chi connectivity index (χ4n) is 1.41. The van der Waals surface area contributed by atoms with Crippen LogP contribution in [0, 0.1) is 23.0 Å². The molecule has 0 atom stereocenters. The van der Waals surface area contributed by atoms with Crippen LogP contribution in [0.25, 0.3) is 0 Å². The van der Waals surface area contributed by atoms with Gasteiger partial charge in [0.15, 0.2) is 17.4 Å². The second kappa shape index (κ2) is 5.96. The summed E-state index contributed by atoms with van der Waals surface area (Å²) in [5, 5.41) is 9.02. The number of halogens is 5. The maximum atomic E-state index is 13.7. The summed E-state index contributed by atoms with van der Waals surface area (Å²) in [6.07, 6.45) is 0. The van der Waals surface area contributed by atoms with Crippen molar-refractivity contribution in [2.45, 2.75) is 0 Å². The lowest BCUT2D eigenvalue weighted by atomic mass is 10.2. The minimum Gasteiger partial charge on any atom is -0.450 e. The summed E-state index contributed by atoms with van der Waals surface area (Å²) in [6.45, 7) is 0. The molecule has 2 nitrogen and oxygen atoms in total. The predicted octanol–water partition coefficient (Wildman–Crippen LogP) is 5.70. The van der Waals surface area contributed by atoms with Gasteiger partial charge in [0.05, 0.1) is 21.7 Å². The minimum absolute atomic E-state index is 0.00220. The second-order valence-corrected chi connectivity index (χ2v) is 5.35. The van der Waals surface area contributed by atoms with E-state index in [9.17, 15) is 8.78 Å². The molecule has 2 aromatic carbocycles. The number of benzene rings is 2. The molecule has 20 heavy (non-hydrogen) atoms. The van der Waals surface area contributed by atoms with Crippen LogP contribution in [0.1, 0.15) is 5.56 Å². The molecule has 0 fully saturated rings. The first-order valence-electron chi connectivity index (χ1n) is 5.14. The molecule has 7 heteroatoms. The van der Waals surface area contributed by atoms with Crippen LogP contribution < -0.4 is 4.74 Å². The molecule has 0 spiro atoms. The number of nitriles is 1. The van der Waals surface area contributed by atoms with Crippen LogP contribution in [-0.4, -0.2) is 0 Å². The topological polar surface area (TPSA) is 33.0 Å². The molecular weight excluding hydrogens is 375 g/mol. The van der Waals surface area contributed by atoms with Gasteiger partial charge >= 0.3 is 0 Å². The first kappa shape index (κ1) is 15.0. The molecule has 0 aromatic heterocycles. The molecule has 2 aromatic rings. The van der Waals surface area contributed by atoms with E-state index in [2.05, 4.69) is 15.9 Å². The summed E-state index contributed by atoms with van der Waals surface area (Å²) in [7, 11) is 0. The Hall–Kier alpha value is -1.35. The molecule has 0 N–H and O–H groups in total. The van der Waals surface area contributed by atoms with E-state index in [1.807, 2.05) is 0 Å². The van der Waals surface area contributed by atoms with Gasteiger partial charge < -0.3 is 4.74 Å². The van der Waals surface area contributed by atoms with Crippen molar-refractivity contribution in [1.82, 2.24) is 0 Å². The lowest BCUT2D eigenvalue weighted by Gasteiger charge is -2.10. The molecule has 0 bridgehead atoms. The van der Waals surface area contributed by atoms with E-state index >= 15 is 0 Å². The number of hydrogen-bond donors (Lipinski definition) is 0. The summed E-state index contributed by atoms with van der Waals surface area (Å²) >= 11 is 14.9. The van der Waals surface area contributed by atoms with E-state index in [-0.39, 0.29) is 21.4 Å². The minimum atomic E-state index is -1.00. The first-order chi connectivity index (χ1) is 9.42. The summed E-state index contributed by atoms with van der Waals surface area (Å²) < 4.78 is 33.0. The maximum Gasteiger partial charge on any atom is 0.198 e. The fourth-order valence-corrected chi connectivity index (χ4v) is 2.25. The largest absolute Gasteiger partial charge is 0.450 e. The monoisotopic (exact) mass is 377 g/mol. The van der Waals surface area contributed by atoms with E-state index in [0.717, 1.165) is 12.1 Å². The van der Waals surface area contributed by atoms with Crippen LogP contribution in [0.15, 0.2) is 28.7 Å². The molecule has 0 heterocycles. The van der Waals surface area contributed by atoms with Crippen molar-refractivity contribution in [2.75, 3.05) is 0 Å². The van der Waals surface area contributed by atoms with Crippen molar-refractivity contribution < 1.29 is 13.5 Å². The van der Waals surface area contributed by atoms with E-state index in [1.165, 1.54) is 12.1 Å². The van der Waals surface area contributed by atoms with Crippen molar-refractivity contribution in [2.24, 2.45) is 0 Å². The number of hydrogen-bond acceptors (Lipinski definition) is 2. The van der Waals surface area contributed by atoms with E-state index in [0.29, 0.717) is 4.47 Å². The molecular formula is C13H4BrCl2F2NO. The highest BCUT2D eigenvalue weighted by Crippen LogP contribution is 2.38. The fraction of sp³-hybridized carbons (Fsp3) is 0. The summed E-state index contributed by atoms with van der Waals surface area (Å²) in [6, 6.07) is 6.14. The highest BCUT2D eigenvalue weighted by Gasteiger charge is 2.16. The van der Waals surface area contributed by atoms with E-state index < -0.39 is 17.4 Å². The van der Waals surface area contributed by atoms with Gasteiger partial charge in [-0.15, -0.1) is 0 Å². The Kier molecular flexibility index (Phi) is 4.48. The zero-order chi connectivity index (χ0) is 14.9. The van der Waals surface area contributed by atoms with Gasteiger partial charge in [0.1, 0.15) is 5.75 Å². The molecule has 0 aliphatic rings. The lowest BCUT2D eigenvalue weighted by Crippen LogP contribution is -1.95. The van der Waals surface area contributed by atoms with E-state index in [1.54, 1.807) is 6.07 Å². The lowest BCUT2D eigenvalue weighted by molar-refractivity contribution is 0.407. The Morgan fingerprint density at radius 1 is 1.05 bits per heavy atom. The van der Waals surface area contributed by atoms with Crippen molar-refractivity contribution >= 4 is 39.1 Å². The molecule has 0 unspecified atom stereocenters. The SMILES string of the molecule is N#Cc1cc(F)c(Oc2cc(Cl)c(Br)cc2Cl)c(F)c1. The molecule has 2 rings (SSSR count). The van der Waals surface area contributed by atoms with Crippen molar-refractivity contribution in [3.8, 4) is 17.6 Å².